The fourth-order valence-electron chi connectivity index (χ4n) is 2.13. The van der Waals surface area contributed by atoms with E-state index >= 15 is 0 Å². The topological polar surface area (TPSA) is 58.6 Å². The summed E-state index contributed by atoms with van der Waals surface area (Å²) in [4.78, 5) is 11.9. The van der Waals surface area contributed by atoms with E-state index in [-0.39, 0.29) is 12.0 Å². The Labute approximate surface area is 113 Å². The molecule has 0 saturated heterocycles. The molecule has 0 unspecified atom stereocenters. The maximum atomic E-state index is 11.9. The van der Waals surface area contributed by atoms with Crippen molar-refractivity contribution in [3.8, 4) is 5.75 Å². The molecule has 2 rings (SSSR count). The van der Waals surface area contributed by atoms with Gasteiger partial charge in [-0.1, -0.05) is 6.92 Å². The molecule has 1 fully saturated rings. The molecule has 0 radical (unpaired) electrons. The second-order valence-corrected chi connectivity index (χ2v) is 5.07. The van der Waals surface area contributed by atoms with E-state index < -0.39 is 0 Å². The molecular weight excluding hydrogens is 242 g/mol. The maximum absolute atomic E-state index is 11.9. The Kier molecular flexibility index (Phi) is 4.80. The standard InChI is InChI=1S/C15H21NO3/c1-2-7-19-14-5-3-12(4-6-14)15(18)16-10-11-8-13(17)9-11/h3-6,11,13,17H,2,7-10H2,1H3,(H,16,18). The number of hydrogen-bond acceptors (Lipinski definition) is 3. The Morgan fingerprint density at radius 1 is 1.37 bits per heavy atom. The number of amides is 1. The zero-order valence-corrected chi connectivity index (χ0v) is 11.3. The molecule has 19 heavy (non-hydrogen) atoms. The maximum Gasteiger partial charge on any atom is 0.251 e. The van der Waals surface area contributed by atoms with Crippen LogP contribution < -0.4 is 10.1 Å². The average molecular weight is 263 g/mol. The van der Waals surface area contributed by atoms with Gasteiger partial charge in [-0.2, -0.15) is 0 Å². The van der Waals surface area contributed by atoms with E-state index in [2.05, 4.69) is 12.2 Å². The lowest BCUT2D eigenvalue weighted by atomic mass is 9.82. The van der Waals surface area contributed by atoms with Crippen molar-refractivity contribution < 1.29 is 14.6 Å². The second-order valence-electron chi connectivity index (χ2n) is 5.07. The highest BCUT2D eigenvalue weighted by molar-refractivity contribution is 5.94. The van der Waals surface area contributed by atoms with Crippen molar-refractivity contribution in [1.29, 1.82) is 0 Å². The van der Waals surface area contributed by atoms with Crippen LogP contribution in [0.2, 0.25) is 0 Å². The van der Waals surface area contributed by atoms with Crippen molar-refractivity contribution in [3.63, 3.8) is 0 Å². The van der Waals surface area contributed by atoms with Gasteiger partial charge in [0.1, 0.15) is 5.75 Å². The highest BCUT2D eigenvalue weighted by Gasteiger charge is 2.27. The molecule has 1 amide bonds. The fraction of sp³-hybridized carbons (Fsp3) is 0.533. The van der Waals surface area contributed by atoms with E-state index in [4.69, 9.17) is 4.74 Å². The van der Waals surface area contributed by atoms with Crippen LogP contribution in [0.3, 0.4) is 0 Å². The van der Waals surface area contributed by atoms with Crippen LogP contribution in [0, 0.1) is 5.92 Å². The summed E-state index contributed by atoms with van der Waals surface area (Å²) in [5, 5.41) is 12.1. The van der Waals surface area contributed by atoms with Crippen molar-refractivity contribution in [3.05, 3.63) is 29.8 Å². The first-order valence-corrected chi connectivity index (χ1v) is 6.88. The minimum atomic E-state index is -0.170. The summed E-state index contributed by atoms with van der Waals surface area (Å²) in [6.07, 6.45) is 2.39. The number of nitrogens with one attached hydrogen (secondary N) is 1. The molecule has 0 atom stereocenters. The van der Waals surface area contributed by atoms with Crippen LogP contribution in [-0.4, -0.2) is 30.3 Å². The summed E-state index contributed by atoms with van der Waals surface area (Å²) < 4.78 is 5.47. The van der Waals surface area contributed by atoms with E-state index in [1.165, 1.54) is 0 Å². The monoisotopic (exact) mass is 263 g/mol. The molecule has 104 valence electrons. The van der Waals surface area contributed by atoms with Gasteiger partial charge in [-0.3, -0.25) is 4.79 Å². The molecular formula is C15H21NO3. The molecule has 1 aromatic rings. The van der Waals surface area contributed by atoms with Gasteiger partial charge in [0.15, 0.2) is 0 Å². The van der Waals surface area contributed by atoms with Crippen molar-refractivity contribution in [2.45, 2.75) is 32.3 Å². The summed E-state index contributed by atoms with van der Waals surface area (Å²) in [6, 6.07) is 7.18. The third kappa shape index (κ3) is 3.96. The van der Waals surface area contributed by atoms with Crippen molar-refractivity contribution in [1.82, 2.24) is 5.32 Å². The van der Waals surface area contributed by atoms with Gasteiger partial charge in [-0.05, 0) is 49.4 Å². The molecule has 0 spiro atoms. The van der Waals surface area contributed by atoms with Gasteiger partial charge in [-0.15, -0.1) is 0 Å². The first kappa shape index (κ1) is 13.9. The lowest BCUT2D eigenvalue weighted by Crippen LogP contribution is -2.38. The molecule has 1 aromatic carbocycles. The van der Waals surface area contributed by atoms with Crippen LogP contribution in [0.25, 0.3) is 0 Å². The number of aliphatic hydroxyl groups is 1. The Balaban J connectivity index is 1.78. The highest BCUT2D eigenvalue weighted by atomic mass is 16.5. The van der Waals surface area contributed by atoms with Crippen LogP contribution in [0.4, 0.5) is 0 Å². The van der Waals surface area contributed by atoms with Crippen LogP contribution in [-0.2, 0) is 0 Å². The van der Waals surface area contributed by atoms with E-state index in [9.17, 15) is 9.90 Å². The number of carbonyl (C=O) groups is 1. The molecule has 0 aromatic heterocycles. The quantitative estimate of drug-likeness (QED) is 0.825. The SMILES string of the molecule is CCCOc1ccc(C(=O)NCC2CC(O)C2)cc1. The average Bonchev–Trinajstić information content (AvgIpc) is 2.40. The zero-order chi connectivity index (χ0) is 13.7. The minimum absolute atomic E-state index is 0.0663. The van der Waals surface area contributed by atoms with Gasteiger partial charge in [0.25, 0.3) is 5.91 Å². The van der Waals surface area contributed by atoms with Gasteiger partial charge >= 0.3 is 0 Å². The van der Waals surface area contributed by atoms with Crippen LogP contribution in [0.5, 0.6) is 5.75 Å². The van der Waals surface area contributed by atoms with Crippen molar-refractivity contribution >= 4 is 5.91 Å². The molecule has 4 nitrogen and oxygen atoms in total. The van der Waals surface area contributed by atoms with Crippen LogP contribution in [0.1, 0.15) is 36.5 Å². The number of ether oxygens (including phenoxy) is 1. The molecule has 1 saturated carbocycles. The number of carbonyl (C=O) groups excluding carboxylic acids is 1. The van der Waals surface area contributed by atoms with Crippen LogP contribution in [0.15, 0.2) is 24.3 Å². The predicted octanol–water partition coefficient (Wildman–Crippen LogP) is 1.98. The smallest absolute Gasteiger partial charge is 0.251 e. The third-order valence-electron chi connectivity index (χ3n) is 3.35. The number of hydrogen-bond donors (Lipinski definition) is 2. The summed E-state index contributed by atoms with van der Waals surface area (Å²) >= 11 is 0. The largest absolute Gasteiger partial charge is 0.494 e. The Morgan fingerprint density at radius 3 is 2.63 bits per heavy atom. The minimum Gasteiger partial charge on any atom is -0.494 e. The summed E-state index contributed by atoms with van der Waals surface area (Å²) in [5.41, 5.74) is 0.642. The molecule has 1 aliphatic carbocycles. The van der Waals surface area contributed by atoms with Gasteiger partial charge in [0.05, 0.1) is 12.7 Å². The zero-order valence-electron chi connectivity index (χ0n) is 11.3. The summed E-state index contributed by atoms with van der Waals surface area (Å²) in [6.45, 7) is 3.39. The molecule has 0 bridgehead atoms. The molecule has 4 heteroatoms. The number of aliphatic hydroxyl groups excluding tert-OH is 1. The highest BCUT2D eigenvalue weighted by Crippen LogP contribution is 2.26. The van der Waals surface area contributed by atoms with Gasteiger partial charge in [-0.25, -0.2) is 0 Å². The first-order chi connectivity index (χ1) is 9.19. The summed E-state index contributed by atoms with van der Waals surface area (Å²) in [7, 11) is 0. The van der Waals surface area contributed by atoms with E-state index in [0.29, 0.717) is 24.6 Å². The number of rotatable bonds is 6. The van der Waals surface area contributed by atoms with Gasteiger partial charge in [0.2, 0.25) is 0 Å². The molecule has 0 heterocycles. The molecule has 0 aliphatic heterocycles. The normalized spacial score (nSPS) is 21.6. The molecule has 2 N–H and O–H groups in total. The second kappa shape index (κ2) is 6.57. The van der Waals surface area contributed by atoms with Gasteiger partial charge < -0.3 is 15.2 Å². The van der Waals surface area contributed by atoms with Gasteiger partial charge in [0, 0.05) is 12.1 Å². The van der Waals surface area contributed by atoms with Crippen molar-refractivity contribution in [2.24, 2.45) is 5.92 Å². The number of benzene rings is 1. The molecule has 1 aliphatic rings. The Hall–Kier alpha value is -1.55. The predicted molar refractivity (Wildman–Crippen MR) is 73.3 cm³/mol. The van der Waals surface area contributed by atoms with E-state index in [0.717, 1.165) is 25.0 Å². The Morgan fingerprint density at radius 2 is 2.05 bits per heavy atom. The Bertz CT molecular complexity index is 410. The van der Waals surface area contributed by atoms with Crippen LogP contribution >= 0.6 is 0 Å². The third-order valence-corrected chi connectivity index (χ3v) is 3.35. The van der Waals surface area contributed by atoms with E-state index in [1.54, 1.807) is 12.1 Å². The lowest BCUT2D eigenvalue weighted by Gasteiger charge is -2.31. The van der Waals surface area contributed by atoms with Crippen molar-refractivity contribution in [2.75, 3.05) is 13.2 Å². The van der Waals surface area contributed by atoms with E-state index in [1.807, 2.05) is 12.1 Å². The fourth-order valence-corrected chi connectivity index (χ4v) is 2.13. The summed E-state index contributed by atoms with van der Waals surface area (Å²) in [5.74, 6) is 1.15. The first-order valence-electron chi connectivity index (χ1n) is 6.88. The lowest BCUT2D eigenvalue weighted by molar-refractivity contribution is 0.0420.